The number of esters is 1. The van der Waals surface area contributed by atoms with Crippen molar-refractivity contribution in [1.29, 1.82) is 0 Å². The van der Waals surface area contributed by atoms with Crippen molar-refractivity contribution in [3.05, 3.63) is 76.1 Å². The predicted molar refractivity (Wildman–Crippen MR) is 157 cm³/mol. The second-order valence-electron chi connectivity index (χ2n) is 11.6. The van der Waals surface area contributed by atoms with Gasteiger partial charge in [-0.25, -0.2) is 12.8 Å². The van der Waals surface area contributed by atoms with Gasteiger partial charge < -0.3 is 18.9 Å². The number of aryl methyl sites for hydroxylation is 2. The predicted octanol–water partition coefficient (Wildman–Crippen LogP) is 6.03. The number of hydrogen-bond acceptors (Lipinski definition) is 7. The minimum Gasteiger partial charge on any atom is -0.493 e. The fourth-order valence-electron chi connectivity index (χ4n) is 6.62. The average molecular weight is 595 g/mol. The van der Waals surface area contributed by atoms with Gasteiger partial charge in [0.1, 0.15) is 29.2 Å². The molecule has 9 heteroatoms. The van der Waals surface area contributed by atoms with Gasteiger partial charge in [-0.15, -0.1) is 0 Å². The number of benzene rings is 3. The van der Waals surface area contributed by atoms with Crippen LogP contribution in [0.5, 0.6) is 17.2 Å². The Morgan fingerprint density at radius 2 is 1.83 bits per heavy atom. The molecule has 6 rings (SSSR count). The molecule has 0 radical (unpaired) electrons. The summed E-state index contributed by atoms with van der Waals surface area (Å²) in [4.78, 5) is 11.7. The highest BCUT2D eigenvalue weighted by Gasteiger charge is 2.33. The third-order valence-corrected chi connectivity index (χ3v) is 10.5. The van der Waals surface area contributed by atoms with E-state index in [9.17, 15) is 13.2 Å². The third-order valence-electron chi connectivity index (χ3n) is 8.65. The zero-order valence-electron chi connectivity index (χ0n) is 24.1. The second-order valence-corrected chi connectivity index (χ2v) is 13.9. The van der Waals surface area contributed by atoms with E-state index in [1.807, 2.05) is 50.2 Å². The number of ether oxygens (including phenoxy) is 4. The van der Waals surface area contributed by atoms with Crippen LogP contribution in [0.25, 0.3) is 11.1 Å². The molecule has 2 aliphatic heterocycles. The molecule has 3 atom stereocenters. The van der Waals surface area contributed by atoms with Gasteiger partial charge >= 0.3 is 5.97 Å². The second kappa shape index (κ2) is 11.2. The van der Waals surface area contributed by atoms with E-state index in [0.29, 0.717) is 55.3 Å². The molecule has 1 fully saturated rings. The lowest BCUT2D eigenvalue weighted by molar-refractivity contribution is -0.141. The molecular weight excluding hydrogens is 559 g/mol. The SMILES string of the molecule is COC(=O)C[C@@H]1COc2cc(O[C@@H]3CCc4c(-c5c(C)cc(OC[C@H]6CCS(=O)(=O)C6)cc5C)ccc(F)c43)ccc21. The Balaban J connectivity index is 1.21. The standard InChI is InChI=1S/C33H35FO7S/c1-19-12-24(39-16-21-10-11-42(36,37)18-21)13-20(2)32(19)26-6-8-28(34)33-27(26)7-9-29(33)41-23-4-5-25-22(14-31(35)38-3)17-40-30(25)15-23/h4-6,8,12-13,15,21-22,29H,7,9-11,14,16-18H2,1-3H3/t21-,22-,29-/m1/s1. The molecular formula is C33H35FO7S. The number of methoxy groups -OCH3 is 1. The Hall–Kier alpha value is -3.59. The van der Waals surface area contributed by atoms with E-state index < -0.39 is 15.9 Å². The highest BCUT2D eigenvalue weighted by molar-refractivity contribution is 7.91. The Morgan fingerprint density at radius 1 is 1.05 bits per heavy atom. The van der Waals surface area contributed by atoms with Crippen LogP contribution in [0.2, 0.25) is 0 Å². The molecule has 0 spiro atoms. The molecule has 0 unspecified atom stereocenters. The van der Waals surface area contributed by atoms with Crippen molar-refractivity contribution in [2.24, 2.45) is 5.92 Å². The van der Waals surface area contributed by atoms with E-state index in [4.69, 9.17) is 18.9 Å². The summed E-state index contributed by atoms with van der Waals surface area (Å²) in [7, 11) is -1.57. The van der Waals surface area contributed by atoms with Crippen LogP contribution in [0, 0.1) is 25.6 Å². The van der Waals surface area contributed by atoms with E-state index in [2.05, 4.69) is 0 Å². The lowest BCUT2D eigenvalue weighted by Crippen LogP contribution is -2.13. The van der Waals surface area contributed by atoms with Gasteiger partial charge in [0.2, 0.25) is 0 Å². The summed E-state index contributed by atoms with van der Waals surface area (Å²) in [5, 5.41) is 0. The summed E-state index contributed by atoms with van der Waals surface area (Å²) in [5.41, 5.74) is 6.54. The molecule has 222 valence electrons. The largest absolute Gasteiger partial charge is 0.493 e. The fourth-order valence-corrected chi connectivity index (χ4v) is 8.46. The van der Waals surface area contributed by atoms with E-state index >= 15 is 4.39 Å². The van der Waals surface area contributed by atoms with Crippen LogP contribution in [0.3, 0.4) is 0 Å². The third kappa shape index (κ3) is 5.59. The lowest BCUT2D eigenvalue weighted by atomic mass is 9.90. The molecule has 0 bridgehead atoms. The number of carbonyl (C=O) groups is 1. The Bertz CT molecular complexity index is 1630. The molecule has 0 aromatic heterocycles. The molecule has 1 saturated heterocycles. The summed E-state index contributed by atoms with van der Waals surface area (Å²) in [6.45, 7) is 4.82. The van der Waals surface area contributed by atoms with Crippen LogP contribution < -0.4 is 14.2 Å². The van der Waals surface area contributed by atoms with Crippen molar-refractivity contribution in [3.63, 3.8) is 0 Å². The van der Waals surface area contributed by atoms with Crippen LogP contribution in [-0.2, 0) is 25.8 Å². The van der Waals surface area contributed by atoms with E-state index in [1.165, 1.54) is 13.2 Å². The van der Waals surface area contributed by atoms with E-state index in [0.717, 1.165) is 33.4 Å². The van der Waals surface area contributed by atoms with Crippen molar-refractivity contribution >= 4 is 15.8 Å². The first-order chi connectivity index (χ1) is 20.1. The van der Waals surface area contributed by atoms with Crippen LogP contribution in [-0.4, -0.2) is 46.2 Å². The molecule has 1 aliphatic carbocycles. The van der Waals surface area contributed by atoms with Gasteiger partial charge in [0.25, 0.3) is 0 Å². The van der Waals surface area contributed by atoms with Crippen molar-refractivity contribution in [1.82, 2.24) is 0 Å². The molecule has 2 heterocycles. The summed E-state index contributed by atoms with van der Waals surface area (Å²) in [5.74, 6) is 1.80. The normalized spacial score (nSPS) is 21.9. The zero-order valence-corrected chi connectivity index (χ0v) is 24.9. The number of rotatable bonds is 8. The monoisotopic (exact) mass is 594 g/mol. The van der Waals surface area contributed by atoms with Gasteiger partial charge in [-0.2, -0.15) is 0 Å². The van der Waals surface area contributed by atoms with Crippen LogP contribution in [0.1, 0.15) is 59.1 Å². The quantitative estimate of drug-likeness (QED) is 0.295. The Kier molecular flexibility index (Phi) is 7.64. The molecule has 42 heavy (non-hydrogen) atoms. The highest BCUT2D eigenvalue weighted by Crippen LogP contribution is 2.45. The Labute approximate surface area is 245 Å². The van der Waals surface area contributed by atoms with E-state index in [1.54, 1.807) is 0 Å². The van der Waals surface area contributed by atoms with Gasteiger partial charge in [0.05, 0.1) is 38.3 Å². The summed E-state index contributed by atoms with van der Waals surface area (Å²) >= 11 is 0. The van der Waals surface area contributed by atoms with E-state index in [-0.39, 0.29) is 41.5 Å². The lowest BCUT2D eigenvalue weighted by Gasteiger charge is -2.19. The molecule has 3 aromatic carbocycles. The van der Waals surface area contributed by atoms with Gasteiger partial charge in [0, 0.05) is 29.0 Å². The summed E-state index contributed by atoms with van der Waals surface area (Å²) < 4.78 is 61.9. The molecule has 0 N–H and O–H groups in total. The molecule has 0 amide bonds. The number of halogens is 1. The maximum absolute atomic E-state index is 15.3. The minimum absolute atomic E-state index is 0.0195. The average Bonchev–Trinajstić information content (AvgIpc) is 3.65. The first-order valence-corrected chi connectivity index (χ1v) is 16.2. The zero-order chi connectivity index (χ0) is 29.6. The highest BCUT2D eigenvalue weighted by atomic mass is 32.2. The van der Waals surface area contributed by atoms with Crippen molar-refractivity contribution in [2.75, 3.05) is 31.8 Å². The van der Waals surface area contributed by atoms with Crippen LogP contribution >= 0.6 is 0 Å². The summed E-state index contributed by atoms with van der Waals surface area (Å²) in [6.07, 6.45) is 1.79. The molecule has 7 nitrogen and oxygen atoms in total. The topological polar surface area (TPSA) is 88.1 Å². The summed E-state index contributed by atoms with van der Waals surface area (Å²) in [6, 6.07) is 12.9. The van der Waals surface area contributed by atoms with Gasteiger partial charge in [-0.3, -0.25) is 4.79 Å². The van der Waals surface area contributed by atoms with Crippen LogP contribution in [0.4, 0.5) is 4.39 Å². The maximum Gasteiger partial charge on any atom is 0.306 e. The van der Waals surface area contributed by atoms with Gasteiger partial charge in [-0.1, -0.05) is 12.1 Å². The number of hydrogen-bond donors (Lipinski definition) is 0. The first kappa shape index (κ1) is 28.5. The van der Waals surface area contributed by atoms with Crippen molar-refractivity contribution < 1.29 is 36.6 Å². The van der Waals surface area contributed by atoms with Crippen molar-refractivity contribution in [3.8, 4) is 28.4 Å². The molecule has 3 aromatic rings. The number of sulfone groups is 1. The number of fused-ring (bicyclic) bond motifs is 2. The van der Waals surface area contributed by atoms with Gasteiger partial charge in [-0.05, 0) is 85.2 Å². The molecule has 3 aliphatic rings. The Morgan fingerprint density at radius 3 is 2.55 bits per heavy atom. The van der Waals surface area contributed by atoms with Crippen LogP contribution in [0.15, 0.2) is 42.5 Å². The smallest absolute Gasteiger partial charge is 0.306 e. The van der Waals surface area contributed by atoms with Crippen molar-refractivity contribution in [2.45, 2.75) is 51.6 Å². The maximum atomic E-state index is 15.3. The van der Waals surface area contributed by atoms with Gasteiger partial charge in [0.15, 0.2) is 9.84 Å². The fraction of sp³-hybridized carbons (Fsp3) is 0.424. The number of carbonyl (C=O) groups excluding carboxylic acids is 1. The first-order valence-electron chi connectivity index (χ1n) is 14.4. The molecule has 0 saturated carbocycles. The minimum atomic E-state index is -2.95.